The van der Waals surface area contributed by atoms with E-state index in [4.69, 9.17) is 5.11 Å². The number of aliphatic hydroxyl groups is 1. The van der Waals surface area contributed by atoms with E-state index in [1.165, 1.54) is 32.4 Å². The molecule has 0 amide bonds. The molecule has 2 aliphatic rings. The largest absolute Gasteiger partial charge is 0.396 e. The van der Waals surface area contributed by atoms with Crippen molar-refractivity contribution in [1.82, 2.24) is 10.2 Å². The molecule has 0 aromatic heterocycles. The molecule has 0 aromatic rings. The molecule has 3 nitrogen and oxygen atoms in total. The Labute approximate surface area is 118 Å². The number of nitrogens with one attached hydrogen (secondary N) is 1. The molecule has 2 N–H and O–H groups in total. The van der Waals surface area contributed by atoms with Crippen molar-refractivity contribution in [3.05, 3.63) is 0 Å². The van der Waals surface area contributed by atoms with Gasteiger partial charge < -0.3 is 15.3 Å². The highest BCUT2D eigenvalue weighted by molar-refractivity contribution is 4.96. The van der Waals surface area contributed by atoms with Crippen molar-refractivity contribution in [2.45, 2.75) is 71.0 Å². The van der Waals surface area contributed by atoms with Crippen LogP contribution in [-0.4, -0.2) is 47.8 Å². The third-order valence-electron chi connectivity index (χ3n) is 5.11. The van der Waals surface area contributed by atoms with Gasteiger partial charge in [-0.2, -0.15) is 0 Å². The predicted octanol–water partition coefficient (Wildman–Crippen LogP) is 2.25. The Kier molecular flexibility index (Phi) is 5.67. The molecule has 1 heterocycles. The summed E-state index contributed by atoms with van der Waals surface area (Å²) in [7, 11) is 0. The number of nitrogens with zero attached hydrogens (tertiary/aromatic N) is 1. The second-order valence-electron chi connectivity index (χ2n) is 6.96. The predicted molar refractivity (Wildman–Crippen MR) is 80.2 cm³/mol. The molecule has 1 aliphatic heterocycles. The van der Waals surface area contributed by atoms with E-state index >= 15 is 0 Å². The molecule has 0 radical (unpaired) electrons. The Morgan fingerprint density at radius 2 is 1.79 bits per heavy atom. The van der Waals surface area contributed by atoms with Crippen LogP contribution in [0, 0.1) is 11.8 Å². The quantitative estimate of drug-likeness (QED) is 0.775. The van der Waals surface area contributed by atoms with Crippen LogP contribution < -0.4 is 5.32 Å². The number of rotatable bonds is 6. The fraction of sp³-hybridized carbons (Fsp3) is 1.00. The highest BCUT2D eigenvalue weighted by Crippen LogP contribution is 2.36. The Balaban J connectivity index is 1.90. The molecule has 19 heavy (non-hydrogen) atoms. The van der Waals surface area contributed by atoms with Crippen molar-refractivity contribution >= 4 is 0 Å². The topological polar surface area (TPSA) is 35.5 Å². The van der Waals surface area contributed by atoms with E-state index in [1.807, 2.05) is 0 Å². The Morgan fingerprint density at radius 1 is 1.16 bits per heavy atom. The minimum atomic E-state index is 0.324. The summed E-state index contributed by atoms with van der Waals surface area (Å²) in [5.74, 6) is 1.68. The second kappa shape index (κ2) is 7.05. The number of aliphatic hydroxyl groups excluding tert-OH is 1. The Bertz CT molecular complexity index is 255. The van der Waals surface area contributed by atoms with Gasteiger partial charge >= 0.3 is 0 Å². The molecule has 3 atom stereocenters. The molecule has 2 rings (SSSR count). The van der Waals surface area contributed by atoms with Gasteiger partial charge in [0.1, 0.15) is 0 Å². The number of hydrogen-bond acceptors (Lipinski definition) is 3. The van der Waals surface area contributed by atoms with Crippen LogP contribution in [-0.2, 0) is 0 Å². The average molecular weight is 268 g/mol. The summed E-state index contributed by atoms with van der Waals surface area (Å²) < 4.78 is 0. The molecule has 0 spiro atoms. The van der Waals surface area contributed by atoms with E-state index in [-0.39, 0.29) is 0 Å². The summed E-state index contributed by atoms with van der Waals surface area (Å²) in [6.45, 7) is 9.81. The molecular formula is C16H32N2O. The van der Waals surface area contributed by atoms with E-state index in [0.717, 1.165) is 30.7 Å². The molecule has 2 fully saturated rings. The zero-order valence-corrected chi connectivity index (χ0v) is 12.9. The van der Waals surface area contributed by atoms with Crippen LogP contribution in [0.15, 0.2) is 0 Å². The molecule has 1 saturated carbocycles. The Morgan fingerprint density at radius 3 is 2.32 bits per heavy atom. The molecule has 3 unspecified atom stereocenters. The number of fused-ring (bicyclic) bond motifs is 2. The van der Waals surface area contributed by atoms with Gasteiger partial charge in [0.25, 0.3) is 0 Å². The summed E-state index contributed by atoms with van der Waals surface area (Å²) in [6, 6.07) is 1.96. The van der Waals surface area contributed by atoms with Crippen molar-refractivity contribution in [1.29, 1.82) is 0 Å². The van der Waals surface area contributed by atoms with Gasteiger partial charge in [-0.1, -0.05) is 6.42 Å². The normalized spacial score (nSPS) is 33.6. The highest BCUT2D eigenvalue weighted by Gasteiger charge is 2.40. The maximum atomic E-state index is 8.94. The smallest absolute Gasteiger partial charge is 0.0431 e. The molecule has 3 heteroatoms. The summed E-state index contributed by atoms with van der Waals surface area (Å²) in [5, 5.41) is 12.8. The lowest BCUT2D eigenvalue weighted by atomic mass is 9.73. The lowest BCUT2D eigenvalue weighted by Gasteiger charge is -2.50. The van der Waals surface area contributed by atoms with Crippen molar-refractivity contribution in [2.24, 2.45) is 11.8 Å². The van der Waals surface area contributed by atoms with Crippen LogP contribution >= 0.6 is 0 Å². The zero-order valence-electron chi connectivity index (χ0n) is 12.9. The first-order valence-corrected chi connectivity index (χ1v) is 8.22. The van der Waals surface area contributed by atoms with Crippen LogP contribution in [0.4, 0.5) is 0 Å². The molecule has 0 aromatic carbocycles. The molecule has 1 saturated heterocycles. The van der Waals surface area contributed by atoms with E-state index < -0.39 is 0 Å². The van der Waals surface area contributed by atoms with Gasteiger partial charge in [-0.05, 0) is 58.3 Å². The number of piperidine rings is 1. The minimum Gasteiger partial charge on any atom is -0.396 e. The van der Waals surface area contributed by atoms with Gasteiger partial charge in [0.05, 0.1) is 0 Å². The Hall–Kier alpha value is -0.120. The van der Waals surface area contributed by atoms with Crippen LogP contribution in [0.2, 0.25) is 0 Å². The number of hydrogen-bond donors (Lipinski definition) is 2. The van der Waals surface area contributed by atoms with Crippen molar-refractivity contribution in [3.63, 3.8) is 0 Å². The van der Waals surface area contributed by atoms with Gasteiger partial charge in [-0.3, -0.25) is 0 Å². The van der Waals surface area contributed by atoms with E-state index in [2.05, 4.69) is 31.0 Å². The SMILES string of the molecule is CC(CCCO)NC1C2CCCC1CN(C(C)C)C2. The number of likely N-dealkylation sites (tertiary alicyclic amines) is 1. The fourth-order valence-corrected chi connectivity index (χ4v) is 3.98. The van der Waals surface area contributed by atoms with E-state index in [1.54, 1.807) is 0 Å². The molecule has 112 valence electrons. The third kappa shape index (κ3) is 3.93. The lowest BCUT2D eigenvalue weighted by molar-refractivity contribution is 0.0251. The van der Waals surface area contributed by atoms with Gasteiger partial charge in [-0.15, -0.1) is 0 Å². The zero-order chi connectivity index (χ0) is 13.8. The monoisotopic (exact) mass is 268 g/mol. The summed E-state index contributed by atoms with van der Waals surface area (Å²) >= 11 is 0. The maximum Gasteiger partial charge on any atom is 0.0431 e. The maximum absolute atomic E-state index is 8.94. The standard InChI is InChI=1S/C16H32N2O/c1-12(2)18-10-14-7-4-8-15(11-18)16(14)17-13(3)6-5-9-19/h12-17,19H,4-11H2,1-3H3. The van der Waals surface area contributed by atoms with Gasteiger partial charge in [-0.25, -0.2) is 0 Å². The van der Waals surface area contributed by atoms with Crippen LogP contribution in [0.1, 0.15) is 52.9 Å². The van der Waals surface area contributed by atoms with Crippen LogP contribution in [0.5, 0.6) is 0 Å². The fourth-order valence-electron chi connectivity index (χ4n) is 3.98. The summed E-state index contributed by atoms with van der Waals surface area (Å²) in [4.78, 5) is 2.67. The average Bonchev–Trinajstić information content (AvgIpc) is 2.35. The highest BCUT2D eigenvalue weighted by atomic mass is 16.2. The first-order valence-electron chi connectivity index (χ1n) is 8.22. The van der Waals surface area contributed by atoms with Crippen molar-refractivity contribution < 1.29 is 5.11 Å². The second-order valence-corrected chi connectivity index (χ2v) is 6.96. The van der Waals surface area contributed by atoms with Gasteiger partial charge in [0.15, 0.2) is 0 Å². The van der Waals surface area contributed by atoms with Gasteiger partial charge in [0.2, 0.25) is 0 Å². The third-order valence-corrected chi connectivity index (χ3v) is 5.11. The van der Waals surface area contributed by atoms with Crippen LogP contribution in [0.3, 0.4) is 0 Å². The van der Waals surface area contributed by atoms with Crippen molar-refractivity contribution in [3.8, 4) is 0 Å². The first-order chi connectivity index (χ1) is 9.11. The molecular weight excluding hydrogens is 236 g/mol. The summed E-state index contributed by atoms with van der Waals surface area (Å²) in [6.07, 6.45) is 6.23. The minimum absolute atomic E-state index is 0.324. The van der Waals surface area contributed by atoms with Crippen LogP contribution in [0.25, 0.3) is 0 Å². The van der Waals surface area contributed by atoms with E-state index in [9.17, 15) is 0 Å². The molecule has 2 bridgehead atoms. The first kappa shape index (κ1) is 15.3. The lowest BCUT2D eigenvalue weighted by Crippen LogP contribution is -2.59. The van der Waals surface area contributed by atoms with Crippen molar-refractivity contribution in [2.75, 3.05) is 19.7 Å². The van der Waals surface area contributed by atoms with E-state index in [0.29, 0.717) is 18.7 Å². The summed E-state index contributed by atoms with van der Waals surface area (Å²) in [5.41, 5.74) is 0. The van der Waals surface area contributed by atoms with Gasteiger partial charge in [0, 0.05) is 37.8 Å². The molecule has 1 aliphatic carbocycles.